The molecule has 0 aliphatic carbocycles. The fourth-order valence-corrected chi connectivity index (χ4v) is 2.81. The van der Waals surface area contributed by atoms with Crippen LogP contribution in [-0.2, 0) is 20.8 Å². The molecule has 0 radical (unpaired) electrons. The molecular formula is C18H12F2INO4. The van der Waals surface area contributed by atoms with Gasteiger partial charge in [0.1, 0.15) is 11.6 Å². The summed E-state index contributed by atoms with van der Waals surface area (Å²) in [5, 5.41) is 0.480. The number of carbonyl (C=O) groups excluding carboxylic acids is 3. The zero-order chi connectivity index (χ0) is 18.8. The lowest BCUT2D eigenvalue weighted by Crippen LogP contribution is -2.32. The summed E-state index contributed by atoms with van der Waals surface area (Å²) < 4.78 is 27.1. The van der Waals surface area contributed by atoms with E-state index in [1.165, 1.54) is 24.3 Å². The molecule has 134 valence electrons. The highest BCUT2D eigenvalue weighted by Crippen LogP contribution is 2.20. The van der Waals surface area contributed by atoms with Crippen LogP contribution in [0.2, 0.25) is 0 Å². The van der Waals surface area contributed by atoms with E-state index in [2.05, 4.69) is 0 Å². The van der Waals surface area contributed by atoms with Crippen molar-refractivity contribution in [2.75, 3.05) is 0 Å². The van der Waals surface area contributed by atoms with Crippen LogP contribution in [0.25, 0.3) is 0 Å². The highest BCUT2D eigenvalue weighted by Gasteiger charge is 2.33. The summed E-state index contributed by atoms with van der Waals surface area (Å²) >= 11 is 1.60. The largest absolute Gasteiger partial charge is 0.363 e. The summed E-state index contributed by atoms with van der Waals surface area (Å²) in [5.41, 5.74) is 1.35. The Kier molecular flexibility index (Phi) is 5.30. The molecular weight excluding hydrogens is 459 g/mol. The second-order valence-corrected chi connectivity index (χ2v) is 6.79. The van der Waals surface area contributed by atoms with E-state index >= 15 is 0 Å². The Morgan fingerprint density at radius 1 is 1.00 bits per heavy atom. The molecule has 0 unspecified atom stereocenters. The molecule has 0 atom stereocenters. The van der Waals surface area contributed by atoms with E-state index < -0.39 is 29.4 Å². The molecule has 2 amide bonds. The van der Waals surface area contributed by atoms with Gasteiger partial charge in [-0.15, -0.1) is 5.06 Å². The normalized spacial score (nSPS) is 14.0. The summed E-state index contributed by atoms with van der Waals surface area (Å²) in [6.07, 6.45) is 0.325. The van der Waals surface area contributed by atoms with Gasteiger partial charge in [0.15, 0.2) is 0 Å². The van der Waals surface area contributed by atoms with Gasteiger partial charge < -0.3 is 4.84 Å². The first-order chi connectivity index (χ1) is 12.3. The van der Waals surface area contributed by atoms with Gasteiger partial charge in [-0.25, -0.2) is 13.6 Å². The van der Waals surface area contributed by atoms with Crippen molar-refractivity contribution in [3.8, 4) is 0 Å². The SMILES string of the molecule is O=C(ON1C(=O)CCC1=O)c1ccc(Cc2cc(F)c(I)c(F)c2)cc1. The van der Waals surface area contributed by atoms with Crippen molar-refractivity contribution in [2.24, 2.45) is 0 Å². The smallest absolute Gasteiger partial charge is 0.325 e. The Hall–Kier alpha value is -2.36. The summed E-state index contributed by atoms with van der Waals surface area (Å²) in [5.74, 6) is -3.18. The van der Waals surface area contributed by atoms with Gasteiger partial charge in [-0.05, 0) is 64.4 Å². The summed E-state index contributed by atoms with van der Waals surface area (Å²) in [6.45, 7) is 0. The Balaban J connectivity index is 1.69. The van der Waals surface area contributed by atoms with Crippen LogP contribution in [0.15, 0.2) is 36.4 Å². The second-order valence-electron chi connectivity index (χ2n) is 5.71. The summed E-state index contributed by atoms with van der Waals surface area (Å²) in [6, 6.07) is 8.66. The first-order valence-electron chi connectivity index (χ1n) is 7.65. The number of nitrogens with zero attached hydrogens (tertiary/aromatic N) is 1. The van der Waals surface area contributed by atoms with Gasteiger partial charge in [0, 0.05) is 12.8 Å². The molecule has 26 heavy (non-hydrogen) atoms. The molecule has 8 heteroatoms. The number of hydrogen-bond donors (Lipinski definition) is 0. The minimum atomic E-state index is -0.827. The zero-order valence-electron chi connectivity index (χ0n) is 13.3. The minimum Gasteiger partial charge on any atom is -0.325 e. The molecule has 5 nitrogen and oxygen atoms in total. The molecule has 2 aromatic carbocycles. The minimum absolute atomic E-state index is 0.0220. The standard InChI is InChI=1S/C18H12F2INO4/c19-13-8-11(9-14(20)17(13)21)7-10-1-3-12(4-2-10)18(25)26-22-15(23)5-6-16(22)24/h1-4,8-9H,5-7H2. The predicted molar refractivity (Wildman–Crippen MR) is 94.8 cm³/mol. The maximum Gasteiger partial charge on any atom is 0.363 e. The molecule has 0 N–H and O–H groups in total. The lowest BCUT2D eigenvalue weighted by atomic mass is 10.0. The maximum atomic E-state index is 13.6. The molecule has 1 heterocycles. The molecule has 0 spiro atoms. The van der Waals surface area contributed by atoms with Crippen LogP contribution in [0, 0.1) is 15.2 Å². The lowest BCUT2D eigenvalue weighted by Gasteiger charge is -2.12. The van der Waals surface area contributed by atoms with Crippen LogP contribution in [0.3, 0.4) is 0 Å². The van der Waals surface area contributed by atoms with Crippen molar-refractivity contribution in [1.29, 1.82) is 0 Å². The maximum absolute atomic E-state index is 13.6. The summed E-state index contributed by atoms with van der Waals surface area (Å²) in [7, 11) is 0. The van der Waals surface area contributed by atoms with Gasteiger partial charge in [-0.1, -0.05) is 12.1 Å². The third kappa shape index (κ3) is 3.90. The van der Waals surface area contributed by atoms with Crippen molar-refractivity contribution in [3.05, 3.63) is 68.3 Å². The highest BCUT2D eigenvalue weighted by molar-refractivity contribution is 14.1. The third-order valence-corrected chi connectivity index (χ3v) is 4.85. The van der Waals surface area contributed by atoms with Gasteiger partial charge in [-0.3, -0.25) is 9.59 Å². The number of imide groups is 1. The van der Waals surface area contributed by atoms with Crippen molar-refractivity contribution in [1.82, 2.24) is 5.06 Å². The molecule has 0 bridgehead atoms. The molecule has 1 aliphatic rings. The van der Waals surface area contributed by atoms with Crippen molar-refractivity contribution in [2.45, 2.75) is 19.3 Å². The van der Waals surface area contributed by atoms with Crippen molar-refractivity contribution >= 4 is 40.4 Å². The number of benzene rings is 2. The molecule has 1 saturated heterocycles. The van der Waals surface area contributed by atoms with E-state index in [1.807, 2.05) is 0 Å². The fraction of sp³-hybridized carbons (Fsp3) is 0.167. The highest BCUT2D eigenvalue weighted by atomic mass is 127. The van der Waals surface area contributed by atoms with Crippen LogP contribution in [0.5, 0.6) is 0 Å². The Labute approximate surface area is 161 Å². The Morgan fingerprint density at radius 3 is 2.08 bits per heavy atom. The third-order valence-electron chi connectivity index (χ3n) is 3.82. The van der Waals surface area contributed by atoms with E-state index in [0.717, 1.165) is 5.56 Å². The number of carbonyl (C=O) groups is 3. The zero-order valence-corrected chi connectivity index (χ0v) is 15.5. The van der Waals surface area contributed by atoms with E-state index in [-0.39, 0.29) is 28.4 Å². The number of rotatable bonds is 4. The molecule has 1 fully saturated rings. The Bertz CT molecular complexity index is 860. The Morgan fingerprint density at radius 2 is 1.54 bits per heavy atom. The quantitative estimate of drug-likeness (QED) is 0.390. The first kappa shape index (κ1) is 18.4. The van der Waals surface area contributed by atoms with Crippen molar-refractivity contribution < 1.29 is 28.0 Å². The van der Waals surface area contributed by atoms with E-state index in [9.17, 15) is 23.2 Å². The monoisotopic (exact) mass is 471 g/mol. The number of amides is 2. The van der Waals surface area contributed by atoms with Crippen LogP contribution >= 0.6 is 22.6 Å². The van der Waals surface area contributed by atoms with Crippen LogP contribution in [-0.4, -0.2) is 22.8 Å². The van der Waals surface area contributed by atoms with Crippen LogP contribution in [0.1, 0.15) is 34.3 Å². The number of hydrogen-bond acceptors (Lipinski definition) is 4. The van der Waals surface area contributed by atoms with Gasteiger partial charge >= 0.3 is 5.97 Å². The van der Waals surface area contributed by atoms with Crippen molar-refractivity contribution in [3.63, 3.8) is 0 Å². The fourth-order valence-electron chi connectivity index (χ4n) is 2.50. The summed E-state index contributed by atoms with van der Waals surface area (Å²) in [4.78, 5) is 39.7. The van der Waals surface area contributed by atoms with Gasteiger partial charge in [0.2, 0.25) is 0 Å². The second kappa shape index (κ2) is 7.48. The van der Waals surface area contributed by atoms with E-state index in [1.54, 1.807) is 34.7 Å². The van der Waals surface area contributed by atoms with Gasteiger partial charge in [0.05, 0.1) is 9.13 Å². The molecule has 2 aromatic rings. The average molecular weight is 471 g/mol. The lowest BCUT2D eigenvalue weighted by molar-refractivity contribution is -0.172. The molecule has 0 aromatic heterocycles. The topological polar surface area (TPSA) is 63.7 Å². The first-order valence-corrected chi connectivity index (χ1v) is 8.73. The molecule has 1 aliphatic heterocycles. The predicted octanol–water partition coefficient (Wildman–Crippen LogP) is 3.38. The average Bonchev–Trinajstić information content (AvgIpc) is 2.92. The van der Waals surface area contributed by atoms with E-state index in [0.29, 0.717) is 10.6 Å². The van der Waals surface area contributed by atoms with Crippen LogP contribution < -0.4 is 0 Å². The number of halogens is 3. The molecule has 3 rings (SSSR count). The van der Waals surface area contributed by atoms with Gasteiger partial charge in [0.25, 0.3) is 11.8 Å². The van der Waals surface area contributed by atoms with E-state index in [4.69, 9.17) is 4.84 Å². The van der Waals surface area contributed by atoms with Gasteiger partial charge in [-0.2, -0.15) is 0 Å². The molecule has 0 saturated carbocycles. The number of hydroxylamine groups is 2. The van der Waals surface area contributed by atoms with Crippen LogP contribution in [0.4, 0.5) is 8.78 Å².